The Morgan fingerprint density at radius 2 is 1.48 bits per heavy atom. The van der Waals surface area contributed by atoms with Crippen molar-refractivity contribution in [2.45, 2.75) is 18.8 Å². The lowest BCUT2D eigenvalue weighted by Crippen LogP contribution is -2.31. The molecular formula is C19H24N2O2. The maximum absolute atomic E-state index is 9.51. The number of likely N-dealkylation sites (tertiary alicyclic amines) is 1. The molecule has 1 heterocycles. The first-order chi connectivity index (χ1) is 11.2. The number of aliphatic hydroxyl groups excluding tert-OH is 2. The largest absolute Gasteiger partial charge is 0.389 e. The Hall–Kier alpha value is -1.72. The molecule has 1 saturated heterocycles. The molecule has 1 fully saturated rings. The van der Waals surface area contributed by atoms with E-state index in [0.29, 0.717) is 13.1 Å². The number of nitrogens with zero attached hydrogens (tertiary/aromatic N) is 1. The van der Waals surface area contributed by atoms with Crippen LogP contribution in [-0.2, 0) is 6.54 Å². The van der Waals surface area contributed by atoms with Gasteiger partial charge < -0.3 is 15.5 Å². The molecule has 0 bridgehead atoms. The summed E-state index contributed by atoms with van der Waals surface area (Å²) in [5, 5.41) is 22.4. The van der Waals surface area contributed by atoms with Crippen molar-refractivity contribution in [3.8, 4) is 11.1 Å². The molecule has 3 rings (SSSR count). The maximum atomic E-state index is 9.51. The summed E-state index contributed by atoms with van der Waals surface area (Å²) in [5.74, 6) is 0. The first kappa shape index (κ1) is 16.1. The molecule has 3 N–H and O–H groups in total. The van der Waals surface area contributed by atoms with Gasteiger partial charge in [-0.15, -0.1) is 0 Å². The summed E-state index contributed by atoms with van der Waals surface area (Å²) in [6.45, 7) is 3.65. The molecule has 2 atom stereocenters. The van der Waals surface area contributed by atoms with Gasteiger partial charge in [0.15, 0.2) is 0 Å². The number of nitrogens with one attached hydrogen (secondary N) is 1. The van der Waals surface area contributed by atoms with Gasteiger partial charge in [0.2, 0.25) is 0 Å². The van der Waals surface area contributed by atoms with Crippen LogP contribution in [0, 0.1) is 0 Å². The van der Waals surface area contributed by atoms with Crippen LogP contribution in [0.25, 0.3) is 11.1 Å². The third kappa shape index (κ3) is 4.39. The minimum atomic E-state index is -0.597. The van der Waals surface area contributed by atoms with Gasteiger partial charge in [-0.3, -0.25) is 4.90 Å². The summed E-state index contributed by atoms with van der Waals surface area (Å²) < 4.78 is 0. The zero-order valence-corrected chi connectivity index (χ0v) is 13.2. The second-order valence-corrected chi connectivity index (χ2v) is 6.13. The van der Waals surface area contributed by atoms with Crippen molar-refractivity contribution >= 4 is 0 Å². The Balaban J connectivity index is 1.43. The predicted molar refractivity (Wildman–Crippen MR) is 92.0 cm³/mol. The zero-order valence-electron chi connectivity index (χ0n) is 13.2. The van der Waals surface area contributed by atoms with Crippen LogP contribution in [0.4, 0.5) is 0 Å². The summed E-state index contributed by atoms with van der Waals surface area (Å²) in [7, 11) is 0. The lowest BCUT2D eigenvalue weighted by Gasteiger charge is -2.15. The maximum Gasteiger partial charge on any atom is 0.0938 e. The molecule has 0 unspecified atom stereocenters. The molecule has 2 aromatic carbocycles. The molecular weight excluding hydrogens is 288 g/mol. The molecule has 0 aromatic heterocycles. The van der Waals surface area contributed by atoms with Crippen LogP contribution in [0.1, 0.15) is 5.56 Å². The molecule has 1 aliphatic rings. The van der Waals surface area contributed by atoms with E-state index in [1.807, 2.05) is 6.07 Å². The van der Waals surface area contributed by atoms with Crippen molar-refractivity contribution in [2.75, 3.05) is 26.2 Å². The third-order valence-electron chi connectivity index (χ3n) is 4.33. The first-order valence-corrected chi connectivity index (χ1v) is 8.16. The predicted octanol–water partition coefficient (Wildman–Crippen LogP) is 1.48. The van der Waals surface area contributed by atoms with Crippen LogP contribution in [0.3, 0.4) is 0 Å². The van der Waals surface area contributed by atoms with Crippen LogP contribution in [0.5, 0.6) is 0 Å². The second-order valence-electron chi connectivity index (χ2n) is 6.13. The van der Waals surface area contributed by atoms with E-state index in [4.69, 9.17) is 0 Å². The molecule has 4 heteroatoms. The van der Waals surface area contributed by atoms with Crippen LogP contribution in [0.2, 0.25) is 0 Å². The Labute approximate surface area is 137 Å². The number of rotatable bonds is 6. The van der Waals surface area contributed by atoms with Gasteiger partial charge in [0, 0.05) is 32.7 Å². The van der Waals surface area contributed by atoms with E-state index in [9.17, 15) is 10.2 Å². The average Bonchev–Trinajstić information content (AvgIpc) is 2.91. The van der Waals surface area contributed by atoms with Crippen molar-refractivity contribution in [2.24, 2.45) is 0 Å². The first-order valence-electron chi connectivity index (χ1n) is 8.16. The number of benzene rings is 2. The Bertz CT molecular complexity index is 591. The van der Waals surface area contributed by atoms with Gasteiger partial charge >= 0.3 is 0 Å². The molecule has 1 aliphatic heterocycles. The van der Waals surface area contributed by atoms with Gasteiger partial charge in [0.05, 0.1) is 12.2 Å². The highest BCUT2D eigenvalue weighted by molar-refractivity contribution is 5.63. The van der Waals surface area contributed by atoms with Crippen molar-refractivity contribution in [1.82, 2.24) is 10.2 Å². The molecule has 2 aromatic rings. The molecule has 0 aliphatic carbocycles. The fraction of sp³-hybridized carbons (Fsp3) is 0.368. The van der Waals surface area contributed by atoms with E-state index >= 15 is 0 Å². The number of aliphatic hydroxyl groups is 2. The molecule has 122 valence electrons. The smallest absolute Gasteiger partial charge is 0.0938 e. The Morgan fingerprint density at radius 1 is 0.870 bits per heavy atom. The van der Waals surface area contributed by atoms with Crippen LogP contribution in [-0.4, -0.2) is 53.5 Å². The lowest BCUT2D eigenvalue weighted by atomic mass is 10.0. The minimum Gasteiger partial charge on any atom is -0.389 e. The van der Waals surface area contributed by atoms with Crippen molar-refractivity contribution in [3.63, 3.8) is 0 Å². The molecule has 0 radical (unpaired) electrons. The molecule has 0 saturated carbocycles. The summed E-state index contributed by atoms with van der Waals surface area (Å²) in [6.07, 6.45) is -1.19. The molecule has 0 spiro atoms. The van der Waals surface area contributed by atoms with Gasteiger partial charge in [0.25, 0.3) is 0 Å². The summed E-state index contributed by atoms with van der Waals surface area (Å²) >= 11 is 0. The van der Waals surface area contributed by atoms with E-state index in [1.165, 1.54) is 16.7 Å². The quantitative estimate of drug-likeness (QED) is 0.707. The van der Waals surface area contributed by atoms with Crippen LogP contribution < -0.4 is 5.32 Å². The topological polar surface area (TPSA) is 55.7 Å². The highest BCUT2D eigenvalue weighted by atomic mass is 16.3. The van der Waals surface area contributed by atoms with Crippen LogP contribution in [0.15, 0.2) is 54.6 Å². The van der Waals surface area contributed by atoms with E-state index in [1.54, 1.807) is 0 Å². The van der Waals surface area contributed by atoms with Gasteiger partial charge in [-0.25, -0.2) is 0 Å². The van der Waals surface area contributed by atoms with Crippen molar-refractivity contribution < 1.29 is 10.2 Å². The standard InChI is InChI=1S/C19H24N2O2/c22-18-13-21(14-19(18)23)11-10-20-12-15-6-8-17(9-7-15)16-4-2-1-3-5-16/h1-9,18-20,22-23H,10-14H2/t18-,19-/m0/s1. The van der Waals surface area contributed by atoms with Crippen molar-refractivity contribution in [1.29, 1.82) is 0 Å². The van der Waals surface area contributed by atoms with Crippen molar-refractivity contribution in [3.05, 3.63) is 60.2 Å². The van der Waals surface area contributed by atoms with E-state index in [0.717, 1.165) is 19.6 Å². The fourth-order valence-corrected chi connectivity index (χ4v) is 2.95. The highest BCUT2D eigenvalue weighted by Gasteiger charge is 2.28. The third-order valence-corrected chi connectivity index (χ3v) is 4.33. The summed E-state index contributed by atoms with van der Waals surface area (Å²) in [5.41, 5.74) is 3.72. The van der Waals surface area contributed by atoms with Gasteiger partial charge in [0.1, 0.15) is 0 Å². The van der Waals surface area contributed by atoms with E-state index < -0.39 is 12.2 Å². The number of hydrogen-bond acceptors (Lipinski definition) is 4. The van der Waals surface area contributed by atoms with Gasteiger partial charge in [-0.2, -0.15) is 0 Å². The summed E-state index contributed by atoms with van der Waals surface area (Å²) in [6, 6.07) is 19.0. The lowest BCUT2D eigenvalue weighted by molar-refractivity contribution is 0.0572. The number of hydrogen-bond donors (Lipinski definition) is 3. The number of β-amino-alcohol motifs (C(OH)–C–C–N with tert-alkyl or cyclic N) is 2. The normalized spacial score (nSPS) is 21.7. The fourth-order valence-electron chi connectivity index (χ4n) is 2.95. The molecule has 4 nitrogen and oxygen atoms in total. The Morgan fingerprint density at radius 3 is 2.13 bits per heavy atom. The van der Waals surface area contributed by atoms with Gasteiger partial charge in [-0.1, -0.05) is 54.6 Å². The Kier molecular flexibility index (Phi) is 5.41. The van der Waals surface area contributed by atoms with Crippen LogP contribution >= 0.6 is 0 Å². The zero-order chi connectivity index (χ0) is 16.1. The molecule has 0 amide bonds. The van der Waals surface area contributed by atoms with E-state index in [-0.39, 0.29) is 0 Å². The van der Waals surface area contributed by atoms with Gasteiger partial charge in [-0.05, 0) is 16.7 Å². The molecule has 23 heavy (non-hydrogen) atoms. The highest BCUT2D eigenvalue weighted by Crippen LogP contribution is 2.19. The monoisotopic (exact) mass is 312 g/mol. The minimum absolute atomic E-state index is 0.564. The average molecular weight is 312 g/mol. The van der Waals surface area contributed by atoms with E-state index in [2.05, 4.69) is 58.7 Å². The second kappa shape index (κ2) is 7.70. The summed E-state index contributed by atoms with van der Waals surface area (Å²) in [4.78, 5) is 2.08. The SMILES string of the molecule is O[C@H]1CN(CCNCc2ccc(-c3ccccc3)cc2)C[C@@H]1O.